The fourth-order valence-electron chi connectivity index (χ4n) is 1.38. The van der Waals surface area contributed by atoms with Gasteiger partial charge in [-0.3, -0.25) is 4.79 Å². The molecule has 0 saturated heterocycles. The Morgan fingerprint density at radius 2 is 2.20 bits per heavy atom. The number of nitrogens with two attached hydrogens (primary N) is 1. The van der Waals surface area contributed by atoms with Gasteiger partial charge in [0.15, 0.2) is 5.78 Å². The molecule has 1 atom stereocenters. The molecule has 1 aromatic rings. The van der Waals surface area contributed by atoms with Crippen LogP contribution in [-0.2, 0) is 11.2 Å². The molecular weight excluding hydrogens is 193 g/mol. The van der Waals surface area contributed by atoms with Gasteiger partial charge in [0, 0.05) is 6.42 Å². The van der Waals surface area contributed by atoms with Crippen molar-refractivity contribution < 1.29 is 9.18 Å². The lowest BCUT2D eigenvalue weighted by molar-refractivity contribution is -0.119. The van der Waals surface area contributed by atoms with E-state index in [4.69, 9.17) is 5.73 Å². The predicted molar refractivity (Wildman–Crippen MR) is 58.1 cm³/mol. The maximum atomic E-state index is 12.9. The Hall–Kier alpha value is -1.22. The summed E-state index contributed by atoms with van der Waals surface area (Å²) in [7, 11) is 0. The van der Waals surface area contributed by atoms with Gasteiger partial charge in [0.05, 0.1) is 6.04 Å². The highest BCUT2D eigenvalue weighted by molar-refractivity contribution is 5.86. The van der Waals surface area contributed by atoms with Crippen LogP contribution in [-0.4, -0.2) is 11.8 Å². The number of halogens is 1. The molecular formula is C12H16FNO. The van der Waals surface area contributed by atoms with Crippen molar-refractivity contribution in [3.63, 3.8) is 0 Å². The summed E-state index contributed by atoms with van der Waals surface area (Å²) in [5.41, 5.74) is 7.26. The van der Waals surface area contributed by atoms with Crippen molar-refractivity contribution in [1.82, 2.24) is 0 Å². The van der Waals surface area contributed by atoms with Crippen LogP contribution in [0.25, 0.3) is 0 Å². The molecule has 0 fully saturated rings. The lowest BCUT2D eigenvalue weighted by atomic mass is 9.99. The molecule has 0 bridgehead atoms. The van der Waals surface area contributed by atoms with Crippen molar-refractivity contribution in [2.75, 3.05) is 0 Å². The minimum atomic E-state index is -0.437. The fraction of sp³-hybridized carbons (Fsp3) is 0.417. The number of carbonyl (C=O) groups excluding carboxylic acids is 1. The number of Topliss-reactive ketones (excluding diaryl/α,β-unsaturated/α-hetero) is 1. The smallest absolute Gasteiger partial charge is 0.153 e. The molecule has 0 aliphatic carbocycles. The van der Waals surface area contributed by atoms with Crippen molar-refractivity contribution in [2.45, 2.75) is 32.7 Å². The summed E-state index contributed by atoms with van der Waals surface area (Å²) in [5, 5.41) is 0. The van der Waals surface area contributed by atoms with Crippen molar-refractivity contribution in [3.8, 4) is 0 Å². The standard InChI is InChI=1S/C12H16FNO/c1-3-11(14)12(15)7-9-6-10(13)5-4-8(9)2/h4-6,11H,3,7,14H2,1-2H3. The van der Waals surface area contributed by atoms with E-state index >= 15 is 0 Å². The van der Waals surface area contributed by atoms with Crippen LogP contribution < -0.4 is 5.73 Å². The highest BCUT2D eigenvalue weighted by atomic mass is 19.1. The molecule has 1 unspecified atom stereocenters. The van der Waals surface area contributed by atoms with Gasteiger partial charge in [-0.05, 0) is 36.6 Å². The van der Waals surface area contributed by atoms with E-state index in [1.165, 1.54) is 12.1 Å². The minimum Gasteiger partial charge on any atom is -0.322 e. The topological polar surface area (TPSA) is 43.1 Å². The number of aryl methyl sites for hydroxylation is 1. The predicted octanol–water partition coefficient (Wildman–Crippen LogP) is 1.98. The lowest BCUT2D eigenvalue weighted by Gasteiger charge is -2.09. The Bertz CT molecular complexity index is 363. The summed E-state index contributed by atoms with van der Waals surface area (Å²) in [4.78, 5) is 11.6. The number of hydrogen-bond donors (Lipinski definition) is 1. The highest BCUT2D eigenvalue weighted by Gasteiger charge is 2.13. The van der Waals surface area contributed by atoms with Crippen molar-refractivity contribution in [2.24, 2.45) is 5.73 Å². The van der Waals surface area contributed by atoms with Crippen molar-refractivity contribution >= 4 is 5.78 Å². The Labute approximate surface area is 89.3 Å². The van der Waals surface area contributed by atoms with E-state index in [0.717, 1.165) is 11.1 Å². The average Bonchev–Trinajstić information content (AvgIpc) is 2.22. The summed E-state index contributed by atoms with van der Waals surface area (Å²) in [6, 6.07) is 4.03. The Balaban J connectivity index is 2.80. The second-order valence-electron chi connectivity index (χ2n) is 3.73. The van der Waals surface area contributed by atoms with Crippen LogP contribution in [0, 0.1) is 12.7 Å². The van der Waals surface area contributed by atoms with Gasteiger partial charge in [-0.2, -0.15) is 0 Å². The number of benzene rings is 1. The molecule has 0 spiro atoms. The molecule has 2 nitrogen and oxygen atoms in total. The summed E-state index contributed by atoms with van der Waals surface area (Å²) in [6.45, 7) is 3.72. The van der Waals surface area contributed by atoms with E-state index in [2.05, 4.69) is 0 Å². The molecule has 1 rings (SSSR count). The number of ketones is 1. The van der Waals surface area contributed by atoms with Gasteiger partial charge in [0.2, 0.25) is 0 Å². The van der Waals surface area contributed by atoms with Crippen molar-refractivity contribution in [1.29, 1.82) is 0 Å². The summed E-state index contributed by atoms with van der Waals surface area (Å²) in [6.07, 6.45) is 0.839. The third-order valence-electron chi connectivity index (χ3n) is 2.53. The molecule has 3 heteroatoms. The SMILES string of the molecule is CCC(N)C(=O)Cc1cc(F)ccc1C. The zero-order chi connectivity index (χ0) is 11.4. The first-order chi connectivity index (χ1) is 7.04. The van der Waals surface area contributed by atoms with Crippen LogP contribution in [0.2, 0.25) is 0 Å². The first kappa shape index (κ1) is 11.9. The van der Waals surface area contributed by atoms with Gasteiger partial charge in [-0.1, -0.05) is 13.0 Å². The van der Waals surface area contributed by atoms with Gasteiger partial charge in [0.25, 0.3) is 0 Å². The average molecular weight is 209 g/mol. The Kier molecular flexibility index (Phi) is 3.97. The first-order valence-corrected chi connectivity index (χ1v) is 5.08. The monoisotopic (exact) mass is 209 g/mol. The zero-order valence-electron chi connectivity index (χ0n) is 9.09. The van der Waals surface area contributed by atoms with Gasteiger partial charge in [0.1, 0.15) is 5.82 Å². The number of hydrogen-bond acceptors (Lipinski definition) is 2. The van der Waals surface area contributed by atoms with Gasteiger partial charge < -0.3 is 5.73 Å². The molecule has 0 heterocycles. The highest BCUT2D eigenvalue weighted by Crippen LogP contribution is 2.12. The minimum absolute atomic E-state index is 0.0359. The normalized spacial score (nSPS) is 12.5. The Morgan fingerprint density at radius 1 is 1.53 bits per heavy atom. The third-order valence-corrected chi connectivity index (χ3v) is 2.53. The molecule has 2 N–H and O–H groups in total. The van der Waals surface area contributed by atoms with Crippen molar-refractivity contribution in [3.05, 3.63) is 35.1 Å². The number of carbonyl (C=O) groups is 1. The Morgan fingerprint density at radius 3 is 2.80 bits per heavy atom. The van der Waals surface area contributed by atoms with E-state index < -0.39 is 6.04 Å². The van der Waals surface area contributed by atoms with Crippen LogP contribution in [0.15, 0.2) is 18.2 Å². The maximum Gasteiger partial charge on any atom is 0.153 e. The molecule has 0 aliphatic heterocycles. The van der Waals surface area contributed by atoms with Crippen LogP contribution in [0.4, 0.5) is 4.39 Å². The van der Waals surface area contributed by atoms with Crippen LogP contribution in [0.5, 0.6) is 0 Å². The zero-order valence-corrected chi connectivity index (χ0v) is 9.09. The van der Waals surface area contributed by atoms with Crippen LogP contribution in [0.3, 0.4) is 0 Å². The molecule has 0 radical (unpaired) electrons. The van der Waals surface area contributed by atoms with E-state index in [-0.39, 0.29) is 18.0 Å². The van der Waals surface area contributed by atoms with Gasteiger partial charge in [-0.15, -0.1) is 0 Å². The molecule has 0 aliphatic rings. The van der Waals surface area contributed by atoms with Crippen LogP contribution in [0.1, 0.15) is 24.5 Å². The molecule has 15 heavy (non-hydrogen) atoms. The summed E-state index contributed by atoms with van der Waals surface area (Å²) in [5.74, 6) is -0.348. The maximum absolute atomic E-state index is 12.9. The second-order valence-corrected chi connectivity index (χ2v) is 3.73. The number of rotatable bonds is 4. The molecule has 0 aromatic heterocycles. The van der Waals surface area contributed by atoms with E-state index in [1.807, 2.05) is 13.8 Å². The molecule has 82 valence electrons. The second kappa shape index (κ2) is 5.03. The first-order valence-electron chi connectivity index (χ1n) is 5.08. The summed E-state index contributed by atoms with van der Waals surface area (Å²) >= 11 is 0. The van der Waals surface area contributed by atoms with E-state index in [9.17, 15) is 9.18 Å². The lowest BCUT2D eigenvalue weighted by Crippen LogP contribution is -2.31. The van der Waals surface area contributed by atoms with E-state index in [0.29, 0.717) is 6.42 Å². The third kappa shape index (κ3) is 3.13. The van der Waals surface area contributed by atoms with Crippen LogP contribution >= 0.6 is 0 Å². The van der Waals surface area contributed by atoms with Gasteiger partial charge >= 0.3 is 0 Å². The largest absolute Gasteiger partial charge is 0.322 e. The molecule has 0 saturated carbocycles. The fourth-order valence-corrected chi connectivity index (χ4v) is 1.38. The summed E-state index contributed by atoms with van der Waals surface area (Å²) < 4.78 is 12.9. The van der Waals surface area contributed by atoms with E-state index in [1.54, 1.807) is 6.07 Å². The quantitative estimate of drug-likeness (QED) is 0.824. The van der Waals surface area contributed by atoms with Gasteiger partial charge in [-0.25, -0.2) is 4.39 Å². The molecule has 0 amide bonds. The molecule has 1 aromatic carbocycles.